The van der Waals surface area contributed by atoms with Crippen molar-refractivity contribution in [3.63, 3.8) is 0 Å². The number of rotatable bonds is 5. The van der Waals surface area contributed by atoms with E-state index in [2.05, 4.69) is 20.9 Å². The summed E-state index contributed by atoms with van der Waals surface area (Å²) in [7, 11) is 0. The Labute approximate surface area is 181 Å². The van der Waals surface area contributed by atoms with E-state index in [1.54, 1.807) is 23.1 Å². The average Bonchev–Trinajstić information content (AvgIpc) is 2.95. The third-order valence-electron chi connectivity index (χ3n) is 3.92. The number of likely N-dealkylation sites (N-methyl/N-ethyl adjacent to an activating group) is 1. The molecule has 1 saturated heterocycles. The molecule has 0 radical (unpaired) electrons. The first-order valence-corrected chi connectivity index (χ1v) is 10.6. The molecule has 0 spiro atoms. The third-order valence-corrected chi connectivity index (χ3v) is 5.75. The Kier molecular flexibility index (Phi) is 6.69. The van der Waals surface area contributed by atoms with Crippen molar-refractivity contribution in [3.05, 3.63) is 56.4 Å². The van der Waals surface area contributed by atoms with Crippen molar-refractivity contribution < 1.29 is 14.6 Å². The summed E-state index contributed by atoms with van der Waals surface area (Å²) in [4.78, 5) is 19.4. The van der Waals surface area contributed by atoms with Gasteiger partial charge in [-0.05, 0) is 84.0 Å². The molecule has 2 aromatic rings. The maximum Gasteiger partial charge on any atom is 0.266 e. The number of amides is 1. The highest BCUT2D eigenvalue weighted by molar-refractivity contribution is 9.10. The highest BCUT2D eigenvalue weighted by Gasteiger charge is 2.32. The summed E-state index contributed by atoms with van der Waals surface area (Å²) in [5.74, 6) is 0.648. The van der Waals surface area contributed by atoms with E-state index in [0.717, 1.165) is 11.4 Å². The third kappa shape index (κ3) is 4.54. The van der Waals surface area contributed by atoms with E-state index in [-0.39, 0.29) is 11.7 Å². The van der Waals surface area contributed by atoms with Gasteiger partial charge in [0.25, 0.3) is 5.91 Å². The zero-order valence-corrected chi connectivity index (χ0v) is 18.4. The van der Waals surface area contributed by atoms with Gasteiger partial charge in [-0.15, -0.1) is 0 Å². The Balaban J connectivity index is 1.92. The number of thioether (sulfide) groups is 1. The Hall–Kier alpha value is -1.96. The van der Waals surface area contributed by atoms with E-state index >= 15 is 0 Å². The minimum atomic E-state index is -0.160. The second-order valence-electron chi connectivity index (χ2n) is 5.81. The smallest absolute Gasteiger partial charge is 0.266 e. The molecule has 0 aromatic heterocycles. The fourth-order valence-electron chi connectivity index (χ4n) is 2.60. The largest absolute Gasteiger partial charge is 0.506 e. The Bertz CT molecular complexity index is 961. The average molecular weight is 482 g/mol. The van der Waals surface area contributed by atoms with Gasteiger partial charge in [0.15, 0.2) is 5.17 Å². The molecule has 1 aliphatic heterocycles. The van der Waals surface area contributed by atoms with Gasteiger partial charge in [-0.25, -0.2) is 4.99 Å². The number of phenolic OH excluding ortho intramolecular Hbond substituents is 1. The summed E-state index contributed by atoms with van der Waals surface area (Å²) in [5, 5.41) is 11.3. The number of hydrogen-bond acceptors (Lipinski definition) is 5. The number of halogens is 2. The number of carbonyl (C=O) groups is 1. The minimum absolute atomic E-state index is 0.0326. The molecule has 5 nitrogen and oxygen atoms in total. The molecule has 1 fully saturated rings. The van der Waals surface area contributed by atoms with Crippen LogP contribution in [-0.2, 0) is 4.79 Å². The van der Waals surface area contributed by atoms with Gasteiger partial charge in [0, 0.05) is 17.1 Å². The van der Waals surface area contributed by atoms with Crippen LogP contribution in [0.3, 0.4) is 0 Å². The maximum atomic E-state index is 12.8. The van der Waals surface area contributed by atoms with Crippen LogP contribution in [0, 0.1) is 0 Å². The van der Waals surface area contributed by atoms with Crippen LogP contribution in [0.4, 0.5) is 5.69 Å². The summed E-state index contributed by atoms with van der Waals surface area (Å²) in [6.45, 7) is 4.91. The van der Waals surface area contributed by atoms with E-state index in [4.69, 9.17) is 16.3 Å². The lowest BCUT2D eigenvalue weighted by atomic mass is 10.2. The first-order chi connectivity index (χ1) is 13.4. The first-order valence-electron chi connectivity index (χ1n) is 8.64. The number of hydrogen-bond donors (Lipinski definition) is 1. The highest BCUT2D eigenvalue weighted by atomic mass is 79.9. The number of amidine groups is 1. The summed E-state index contributed by atoms with van der Waals surface area (Å²) in [6, 6.07) is 10.6. The van der Waals surface area contributed by atoms with Gasteiger partial charge in [-0.3, -0.25) is 9.69 Å². The van der Waals surface area contributed by atoms with Crippen molar-refractivity contribution in [3.8, 4) is 11.5 Å². The molecule has 1 aliphatic rings. The van der Waals surface area contributed by atoms with Crippen LogP contribution >= 0.6 is 39.3 Å². The van der Waals surface area contributed by atoms with Crippen LogP contribution in [-0.4, -0.2) is 34.2 Å². The second kappa shape index (κ2) is 9.03. The fourth-order valence-corrected chi connectivity index (χ4v) is 4.49. The van der Waals surface area contributed by atoms with Crippen LogP contribution in [0.1, 0.15) is 19.4 Å². The molecule has 0 atom stereocenters. The van der Waals surface area contributed by atoms with Crippen molar-refractivity contribution in [2.45, 2.75) is 13.8 Å². The molecule has 146 valence electrons. The van der Waals surface area contributed by atoms with E-state index in [1.807, 2.05) is 38.1 Å². The Morgan fingerprint density at radius 1 is 1.29 bits per heavy atom. The van der Waals surface area contributed by atoms with Crippen LogP contribution < -0.4 is 4.74 Å². The van der Waals surface area contributed by atoms with Crippen LogP contribution in [0.15, 0.2) is 50.8 Å². The van der Waals surface area contributed by atoms with E-state index in [1.165, 1.54) is 11.8 Å². The molecular formula is C20H18BrClN2O3S. The van der Waals surface area contributed by atoms with Crippen molar-refractivity contribution in [1.82, 2.24) is 4.90 Å². The zero-order valence-electron chi connectivity index (χ0n) is 15.3. The Morgan fingerprint density at radius 3 is 2.64 bits per heavy atom. The fraction of sp³-hybridized carbons (Fsp3) is 0.200. The molecule has 2 aromatic carbocycles. The number of nitrogens with zero attached hydrogens (tertiary/aromatic N) is 2. The van der Waals surface area contributed by atoms with Gasteiger partial charge in [-0.1, -0.05) is 11.6 Å². The van der Waals surface area contributed by atoms with Crippen LogP contribution in [0.25, 0.3) is 6.08 Å². The molecule has 28 heavy (non-hydrogen) atoms. The van der Waals surface area contributed by atoms with Crippen molar-refractivity contribution >= 4 is 62.1 Å². The van der Waals surface area contributed by atoms with Gasteiger partial charge < -0.3 is 9.84 Å². The van der Waals surface area contributed by atoms with Gasteiger partial charge in [-0.2, -0.15) is 0 Å². The summed E-state index contributed by atoms with van der Waals surface area (Å²) >= 11 is 10.6. The molecule has 1 heterocycles. The quantitative estimate of drug-likeness (QED) is 0.546. The molecule has 0 bridgehead atoms. The van der Waals surface area contributed by atoms with Gasteiger partial charge >= 0.3 is 0 Å². The molecule has 8 heteroatoms. The second-order valence-corrected chi connectivity index (χ2v) is 8.11. The topological polar surface area (TPSA) is 62.1 Å². The van der Waals surface area contributed by atoms with Crippen molar-refractivity contribution in [2.75, 3.05) is 13.2 Å². The molecule has 0 saturated carbocycles. The zero-order chi connectivity index (χ0) is 20.3. The number of aromatic hydroxyl groups is 1. The maximum absolute atomic E-state index is 12.8. The number of phenols is 1. The lowest BCUT2D eigenvalue weighted by Gasteiger charge is -2.12. The lowest BCUT2D eigenvalue weighted by Crippen LogP contribution is -2.28. The number of aliphatic imine (C=N–C) groups is 1. The summed E-state index contributed by atoms with van der Waals surface area (Å²) < 4.78 is 5.91. The first kappa shape index (κ1) is 20.8. The van der Waals surface area contributed by atoms with E-state index < -0.39 is 0 Å². The van der Waals surface area contributed by atoms with Gasteiger partial charge in [0.05, 0.1) is 21.7 Å². The number of benzene rings is 2. The molecular weight excluding hydrogens is 464 g/mol. The predicted molar refractivity (Wildman–Crippen MR) is 118 cm³/mol. The van der Waals surface area contributed by atoms with E-state index in [9.17, 15) is 9.90 Å². The monoisotopic (exact) mass is 480 g/mol. The standard InChI is InChI=1S/C20H18BrClN2O3S/c1-3-24-19(26)17(10-12-9-13(22)11-16(21)18(12)25)28-20(24)23-14-5-7-15(8-6-14)27-4-2/h5-11,25H,3-4H2,1-2H3/b17-10-,23-20?. The summed E-state index contributed by atoms with van der Waals surface area (Å²) in [6.07, 6.45) is 1.63. The Morgan fingerprint density at radius 2 is 2.00 bits per heavy atom. The molecule has 0 unspecified atom stereocenters. The van der Waals surface area contributed by atoms with Crippen LogP contribution in [0.5, 0.6) is 11.5 Å². The molecule has 3 rings (SSSR count). The highest BCUT2D eigenvalue weighted by Crippen LogP contribution is 2.38. The SMILES string of the molecule is CCOc1ccc(N=C2S/C(=C\c3cc(Cl)cc(Br)c3O)C(=O)N2CC)cc1. The lowest BCUT2D eigenvalue weighted by molar-refractivity contribution is -0.122. The molecule has 1 amide bonds. The molecule has 1 N–H and O–H groups in total. The summed E-state index contributed by atoms with van der Waals surface area (Å²) in [5.41, 5.74) is 1.19. The predicted octanol–water partition coefficient (Wildman–Crippen LogP) is 5.83. The number of carbonyl (C=O) groups excluding carboxylic acids is 1. The van der Waals surface area contributed by atoms with Gasteiger partial charge in [0.2, 0.25) is 0 Å². The van der Waals surface area contributed by atoms with Gasteiger partial charge in [0.1, 0.15) is 11.5 Å². The van der Waals surface area contributed by atoms with Crippen molar-refractivity contribution in [2.24, 2.45) is 4.99 Å². The van der Waals surface area contributed by atoms with Crippen LogP contribution in [0.2, 0.25) is 5.02 Å². The van der Waals surface area contributed by atoms with Crippen molar-refractivity contribution in [1.29, 1.82) is 0 Å². The van der Waals surface area contributed by atoms with E-state index in [0.29, 0.717) is 38.3 Å². The minimum Gasteiger partial charge on any atom is -0.506 e. The number of ether oxygens (including phenoxy) is 1. The molecule has 0 aliphatic carbocycles. The normalized spacial score (nSPS) is 17.0.